The number of benzene rings is 2. The summed E-state index contributed by atoms with van der Waals surface area (Å²) in [4.78, 5) is 0. The summed E-state index contributed by atoms with van der Waals surface area (Å²) in [6.07, 6.45) is 0. The summed E-state index contributed by atoms with van der Waals surface area (Å²) in [6.45, 7) is 0. The van der Waals surface area contributed by atoms with Crippen molar-refractivity contribution in [3.63, 3.8) is 0 Å². The van der Waals surface area contributed by atoms with Crippen molar-refractivity contribution < 1.29 is 4.74 Å². The molecule has 0 bridgehead atoms. The standard InChI is InChI=1S/C11H10O.ClH/c1-12-11-8-4-6-9-5-2-3-7-10(9)11;/h2-8H,1H3;1H. The lowest BCUT2D eigenvalue weighted by Gasteiger charge is -2.03. The Balaban J connectivity index is 0.000000845. The van der Waals surface area contributed by atoms with Crippen molar-refractivity contribution in [1.82, 2.24) is 0 Å². The zero-order valence-corrected chi connectivity index (χ0v) is 8.17. The van der Waals surface area contributed by atoms with Gasteiger partial charge >= 0.3 is 0 Å². The normalized spacial score (nSPS) is 9.31. The first-order chi connectivity index (χ1) is 5.92. The van der Waals surface area contributed by atoms with Crippen molar-refractivity contribution in [2.75, 3.05) is 7.11 Å². The highest BCUT2D eigenvalue weighted by molar-refractivity contribution is 5.88. The van der Waals surface area contributed by atoms with E-state index in [0.717, 1.165) is 5.75 Å². The molecule has 2 aromatic rings. The van der Waals surface area contributed by atoms with Crippen molar-refractivity contribution in [3.05, 3.63) is 42.5 Å². The molecule has 0 amide bonds. The van der Waals surface area contributed by atoms with Crippen LogP contribution in [-0.4, -0.2) is 7.11 Å². The molecule has 0 fully saturated rings. The quantitative estimate of drug-likeness (QED) is 0.677. The number of rotatable bonds is 1. The first-order valence-corrected chi connectivity index (χ1v) is 3.93. The van der Waals surface area contributed by atoms with Gasteiger partial charge in [0.15, 0.2) is 0 Å². The van der Waals surface area contributed by atoms with E-state index in [1.165, 1.54) is 10.8 Å². The van der Waals surface area contributed by atoms with Gasteiger partial charge in [0.05, 0.1) is 7.11 Å². The molecule has 0 aliphatic rings. The zero-order valence-electron chi connectivity index (χ0n) is 7.36. The van der Waals surface area contributed by atoms with Crippen LogP contribution < -0.4 is 4.74 Å². The number of hydrogen-bond acceptors (Lipinski definition) is 1. The van der Waals surface area contributed by atoms with Gasteiger partial charge in [-0.25, -0.2) is 0 Å². The number of fused-ring (bicyclic) bond motifs is 1. The van der Waals surface area contributed by atoms with Gasteiger partial charge in [-0.1, -0.05) is 36.4 Å². The summed E-state index contributed by atoms with van der Waals surface area (Å²) in [5.41, 5.74) is 0. The minimum absolute atomic E-state index is 0. The molecular weight excluding hydrogens is 184 g/mol. The Morgan fingerprint density at radius 1 is 0.923 bits per heavy atom. The van der Waals surface area contributed by atoms with Crippen LogP contribution in [0.3, 0.4) is 0 Å². The Labute approximate surface area is 83.7 Å². The molecule has 0 saturated carbocycles. The molecule has 0 spiro atoms. The van der Waals surface area contributed by atoms with Crippen molar-refractivity contribution in [3.8, 4) is 5.75 Å². The summed E-state index contributed by atoms with van der Waals surface area (Å²) in [5, 5.41) is 2.39. The molecule has 2 heteroatoms. The predicted molar refractivity (Wildman–Crippen MR) is 57.7 cm³/mol. The highest BCUT2D eigenvalue weighted by atomic mass is 35.5. The second-order valence-corrected chi connectivity index (χ2v) is 2.68. The van der Waals surface area contributed by atoms with E-state index >= 15 is 0 Å². The van der Waals surface area contributed by atoms with Gasteiger partial charge in [0.1, 0.15) is 5.75 Å². The van der Waals surface area contributed by atoms with Crippen LogP contribution in [0, 0.1) is 0 Å². The molecule has 0 heterocycles. The van der Waals surface area contributed by atoms with E-state index in [1.807, 2.05) is 24.3 Å². The maximum atomic E-state index is 5.23. The second kappa shape index (κ2) is 4.15. The van der Waals surface area contributed by atoms with E-state index in [0.29, 0.717) is 0 Å². The largest absolute Gasteiger partial charge is 0.496 e. The summed E-state index contributed by atoms with van der Waals surface area (Å²) in [6, 6.07) is 14.2. The first-order valence-electron chi connectivity index (χ1n) is 3.93. The number of ether oxygens (including phenoxy) is 1. The molecule has 0 saturated heterocycles. The molecule has 0 N–H and O–H groups in total. The minimum Gasteiger partial charge on any atom is -0.496 e. The van der Waals surface area contributed by atoms with Crippen LogP contribution in [-0.2, 0) is 0 Å². The monoisotopic (exact) mass is 194 g/mol. The zero-order chi connectivity index (χ0) is 8.39. The number of methoxy groups -OCH3 is 1. The maximum Gasteiger partial charge on any atom is 0.126 e. The lowest BCUT2D eigenvalue weighted by atomic mass is 10.1. The van der Waals surface area contributed by atoms with Crippen LogP contribution in [0.5, 0.6) is 5.75 Å². The van der Waals surface area contributed by atoms with E-state index in [4.69, 9.17) is 4.74 Å². The van der Waals surface area contributed by atoms with Crippen molar-refractivity contribution in [1.29, 1.82) is 0 Å². The highest BCUT2D eigenvalue weighted by Gasteiger charge is 1.96. The molecule has 0 aromatic heterocycles. The molecule has 0 aliphatic heterocycles. The molecule has 2 rings (SSSR count). The van der Waals surface area contributed by atoms with Gasteiger partial charge in [0, 0.05) is 5.39 Å². The topological polar surface area (TPSA) is 9.23 Å². The molecule has 2 aromatic carbocycles. The fraction of sp³-hybridized carbons (Fsp3) is 0.0909. The van der Waals surface area contributed by atoms with Crippen molar-refractivity contribution >= 4 is 23.2 Å². The molecule has 0 radical (unpaired) electrons. The van der Waals surface area contributed by atoms with Gasteiger partial charge in [-0.2, -0.15) is 0 Å². The lowest BCUT2D eigenvalue weighted by molar-refractivity contribution is 0.420. The minimum atomic E-state index is 0. The molecule has 13 heavy (non-hydrogen) atoms. The lowest BCUT2D eigenvalue weighted by Crippen LogP contribution is -1.83. The van der Waals surface area contributed by atoms with Gasteiger partial charge in [-0.3, -0.25) is 0 Å². The van der Waals surface area contributed by atoms with Crippen LogP contribution in [0.4, 0.5) is 0 Å². The summed E-state index contributed by atoms with van der Waals surface area (Å²) in [5.74, 6) is 0.938. The van der Waals surface area contributed by atoms with Crippen LogP contribution in [0.1, 0.15) is 0 Å². The van der Waals surface area contributed by atoms with Crippen LogP contribution in [0.2, 0.25) is 0 Å². The molecule has 0 atom stereocenters. The Morgan fingerprint density at radius 3 is 2.38 bits per heavy atom. The predicted octanol–water partition coefficient (Wildman–Crippen LogP) is 3.27. The third-order valence-electron chi connectivity index (χ3n) is 1.97. The van der Waals surface area contributed by atoms with Crippen LogP contribution >= 0.6 is 12.4 Å². The Hall–Kier alpha value is -1.21. The van der Waals surface area contributed by atoms with Gasteiger partial charge in [-0.05, 0) is 11.5 Å². The summed E-state index contributed by atoms with van der Waals surface area (Å²) < 4.78 is 5.23. The van der Waals surface area contributed by atoms with E-state index in [9.17, 15) is 0 Å². The Bertz CT molecular complexity index is 393. The molecular formula is C11H11ClO. The summed E-state index contributed by atoms with van der Waals surface area (Å²) >= 11 is 0. The van der Waals surface area contributed by atoms with Gasteiger partial charge < -0.3 is 4.74 Å². The van der Waals surface area contributed by atoms with Gasteiger partial charge in [-0.15, -0.1) is 12.4 Å². The van der Waals surface area contributed by atoms with E-state index in [2.05, 4.69) is 18.2 Å². The smallest absolute Gasteiger partial charge is 0.126 e. The van der Waals surface area contributed by atoms with Crippen LogP contribution in [0.15, 0.2) is 42.5 Å². The molecule has 68 valence electrons. The number of hydrogen-bond donors (Lipinski definition) is 0. The fourth-order valence-electron chi connectivity index (χ4n) is 1.37. The Kier molecular flexibility index (Phi) is 3.15. The third-order valence-corrected chi connectivity index (χ3v) is 1.97. The van der Waals surface area contributed by atoms with Crippen molar-refractivity contribution in [2.45, 2.75) is 0 Å². The average Bonchev–Trinajstić information content (AvgIpc) is 2.17. The summed E-state index contributed by atoms with van der Waals surface area (Å²) in [7, 11) is 1.70. The van der Waals surface area contributed by atoms with Gasteiger partial charge in [0.25, 0.3) is 0 Å². The highest BCUT2D eigenvalue weighted by Crippen LogP contribution is 2.24. The van der Waals surface area contributed by atoms with E-state index < -0.39 is 0 Å². The van der Waals surface area contributed by atoms with E-state index in [-0.39, 0.29) is 12.4 Å². The van der Waals surface area contributed by atoms with E-state index in [1.54, 1.807) is 7.11 Å². The maximum absolute atomic E-state index is 5.23. The van der Waals surface area contributed by atoms with Gasteiger partial charge in [0.2, 0.25) is 0 Å². The average molecular weight is 195 g/mol. The molecule has 0 aliphatic carbocycles. The second-order valence-electron chi connectivity index (χ2n) is 2.68. The van der Waals surface area contributed by atoms with Crippen molar-refractivity contribution in [2.24, 2.45) is 0 Å². The first kappa shape index (κ1) is 9.87. The van der Waals surface area contributed by atoms with Crippen LogP contribution in [0.25, 0.3) is 10.8 Å². The Morgan fingerprint density at radius 2 is 1.62 bits per heavy atom. The fourth-order valence-corrected chi connectivity index (χ4v) is 1.37. The molecule has 1 nitrogen and oxygen atoms in total. The SMILES string of the molecule is COc1cccc2ccccc12.Cl. The molecule has 0 unspecified atom stereocenters. The third kappa shape index (κ3) is 1.76. The number of halogens is 1.